The number of rotatable bonds is 6. The Labute approximate surface area is 198 Å². The van der Waals surface area contributed by atoms with Crippen molar-refractivity contribution in [1.29, 1.82) is 0 Å². The van der Waals surface area contributed by atoms with Crippen LogP contribution in [-0.2, 0) is 6.54 Å². The van der Waals surface area contributed by atoms with Crippen LogP contribution in [0.1, 0.15) is 29.0 Å². The third-order valence-corrected chi connectivity index (χ3v) is 6.27. The molecule has 1 aliphatic rings. The lowest BCUT2D eigenvalue weighted by Gasteiger charge is -2.29. The Balaban J connectivity index is 1.57. The molecule has 0 saturated carbocycles. The average molecular weight is 457 g/mol. The lowest BCUT2D eigenvalue weighted by molar-refractivity contribution is 0.302. The maximum Gasteiger partial charge on any atom is 0.170 e. The van der Waals surface area contributed by atoms with Gasteiger partial charge in [0.2, 0.25) is 0 Å². The summed E-state index contributed by atoms with van der Waals surface area (Å²) in [7, 11) is 1.67. The molecule has 2 aromatic heterocycles. The lowest BCUT2D eigenvalue weighted by atomic mass is 10.0. The number of hydrogen-bond donors (Lipinski definition) is 2. The molecule has 7 heteroatoms. The van der Waals surface area contributed by atoms with E-state index in [0.29, 0.717) is 11.7 Å². The van der Waals surface area contributed by atoms with E-state index in [1.165, 1.54) is 0 Å². The van der Waals surface area contributed by atoms with E-state index in [0.717, 1.165) is 28.4 Å². The van der Waals surface area contributed by atoms with Crippen molar-refractivity contribution >= 4 is 17.3 Å². The van der Waals surface area contributed by atoms with Crippen LogP contribution < -0.4 is 10.1 Å². The number of nitrogens with zero attached hydrogens (tertiary/aromatic N) is 3. The molecule has 0 unspecified atom stereocenters. The minimum Gasteiger partial charge on any atom is -0.508 e. The number of methoxy groups -OCH3 is 1. The molecule has 0 amide bonds. The van der Waals surface area contributed by atoms with Gasteiger partial charge in [-0.2, -0.15) is 0 Å². The van der Waals surface area contributed by atoms with Crippen LogP contribution in [-0.4, -0.2) is 31.8 Å². The van der Waals surface area contributed by atoms with Crippen molar-refractivity contribution in [1.82, 2.24) is 19.8 Å². The zero-order chi connectivity index (χ0) is 22.8. The summed E-state index contributed by atoms with van der Waals surface area (Å²) in [4.78, 5) is 6.84. The number of benzene rings is 2. The van der Waals surface area contributed by atoms with Gasteiger partial charge in [0.25, 0.3) is 0 Å². The van der Waals surface area contributed by atoms with Crippen molar-refractivity contribution in [3.8, 4) is 17.2 Å². The van der Waals surface area contributed by atoms with Crippen molar-refractivity contribution in [3.63, 3.8) is 0 Å². The van der Waals surface area contributed by atoms with E-state index in [1.807, 2.05) is 60.9 Å². The summed E-state index contributed by atoms with van der Waals surface area (Å²) >= 11 is 5.81. The Kier molecular flexibility index (Phi) is 5.71. The van der Waals surface area contributed by atoms with E-state index in [2.05, 4.69) is 38.0 Å². The molecule has 1 aliphatic heterocycles. The number of hydrogen-bond acceptors (Lipinski definition) is 4. The van der Waals surface area contributed by atoms with Crippen molar-refractivity contribution in [2.45, 2.75) is 18.6 Å². The second kappa shape index (κ2) is 8.96. The fourth-order valence-corrected chi connectivity index (χ4v) is 4.61. The Bertz CT molecular complexity index is 1240. The first-order valence-corrected chi connectivity index (χ1v) is 11.1. The number of phenols is 1. The number of thiocarbonyl (C=S) groups is 1. The summed E-state index contributed by atoms with van der Waals surface area (Å²) in [6, 6.07) is 25.1. The second-order valence-corrected chi connectivity index (χ2v) is 8.31. The molecule has 2 aromatic carbocycles. The number of phenolic OH excluding ortho intramolecular Hbond substituents is 1. The normalized spacial score (nSPS) is 17.7. The molecular weight excluding hydrogens is 432 g/mol. The van der Waals surface area contributed by atoms with Gasteiger partial charge in [0.1, 0.15) is 11.5 Å². The van der Waals surface area contributed by atoms with Gasteiger partial charge in [-0.25, -0.2) is 0 Å². The Morgan fingerprint density at radius 3 is 2.48 bits per heavy atom. The Morgan fingerprint density at radius 1 is 1.00 bits per heavy atom. The molecule has 0 aliphatic carbocycles. The molecule has 1 saturated heterocycles. The van der Waals surface area contributed by atoms with Gasteiger partial charge < -0.3 is 24.6 Å². The van der Waals surface area contributed by atoms with Crippen LogP contribution in [0.3, 0.4) is 0 Å². The zero-order valence-corrected chi connectivity index (χ0v) is 18.9. The molecule has 33 heavy (non-hydrogen) atoms. The molecule has 1 fully saturated rings. The van der Waals surface area contributed by atoms with Crippen LogP contribution in [0.2, 0.25) is 0 Å². The van der Waals surface area contributed by atoms with Crippen LogP contribution in [0.5, 0.6) is 11.5 Å². The maximum absolute atomic E-state index is 9.74. The predicted octanol–water partition coefficient (Wildman–Crippen LogP) is 4.76. The standard InChI is InChI=1S/C26H24N4O2S/c1-32-21-13-7-18(8-14-21)17-30-25(24(28-26(30)33)22-5-2-3-15-27-22)23-6-4-16-29(23)19-9-11-20(31)12-10-19/h2-16,24-25,31H,17H2,1H3,(H,28,33)/t24-,25-/m1/s1. The number of aromatic hydroxyl groups is 1. The van der Waals surface area contributed by atoms with Crippen molar-refractivity contribution in [3.05, 3.63) is 108 Å². The molecule has 2 N–H and O–H groups in total. The molecule has 3 heterocycles. The Morgan fingerprint density at radius 2 is 1.79 bits per heavy atom. The average Bonchev–Trinajstić information content (AvgIpc) is 3.45. The Hall–Kier alpha value is -3.84. The highest BCUT2D eigenvalue weighted by Gasteiger charge is 2.41. The van der Waals surface area contributed by atoms with E-state index in [9.17, 15) is 5.11 Å². The predicted molar refractivity (Wildman–Crippen MR) is 131 cm³/mol. The molecule has 0 radical (unpaired) electrons. The third-order valence-electron chi connectivity index (χ3n) is 5.92. The SMILES string of the molecule is COc1ccc(CN2C(=S)N[C@H](c3ccccn3)[C@H]2c2cccn2-c2ccc(O)cc2)cc1. The highest BCUT2D eigenvalue weighted by Crippen LogP contribution is 2.40. The van der Waals surface area contributed by atoms with E-state index in [4.69, 9.17) is 17.0 Å². The fourth-order valence-electron chi connectivity index (χ4n) is 4.31. The van der Waals surface area contributed by atoms with Crippen LogP contribution in [0.4, 0.5) is 0 Å². The number of nitrogens with one attached hydrogen (secondary N) is 1. The van der Waals surface area contributed by atoms with E-state index in [1.54, 1.807) is 19.2 Å². The van der Waals surface area contributed by atoms with Crippen LogP contribution in [0, 0.1) is 0 Å². The van der Waals surface area contributed by atoms with Crippen molar-refractivity contribution < 1.29 is 9.84 Å². The lowest BCUT2D eigenvalue weighted by Crippen LogP contribution is -2.30. The van der Waals surface area contributed by atoms with Crippen LogP contribution >= 0.6 is 12.2 Å². The first-order valence-electron chi connectivity index (χ1n) is 10.7. The summed E-state index contributed by atoms with van der Waals surface area (Å²) in [6.45, 7) is 0.643. The zero-order valence-electron chi connectivity index (χ0n) is 18.1. The van der Waals surface area contributed by atoms with E-state index < -0.39 is 0 Å². The van der Waals surface area contributed by atoms with Crippen LogP contribution in [0.15, 0.2) is 91.3 Å². The third kappa shape index (κ3) is 4.15. The summed E-state index contributed by atoms with van der Waals surface area (Å²) in [5, 5.41) is 13.9. The summed E-state index contributed by atoms with van der Waals surface area (Å²) in [5.74, 6) is 1.06. The molecule has 2 atom stereocenters. The highest BCUT2D eigenvalue weighted by molar-refractivity contribution is 7.80. The summed E-state index contributed by atoms with van der Waals surface area (Å²) in [5.41, 5.74) is 4.11. The van der Waals surface area contributed by atoms with Gasteiger partial charge in [-0.15, -0.1) is 0 Å². The summed E-state index contributed by atoms with van der Waals surface area (Å²) < 4.78 is 7.44. The first kappa shape index (κ1) is 21.0. The molecule has 166 valence electrons. The van der Waals surface area contributed by atoms with Gasteiger partial charge in [-0.05, 0) is 78.4 Å². The first-order chi connectivity index (χ1) is 16.1. The molecule has 0 spiro atoms. The van der Waals surface area contributed by atoms with Gasteiger partial charge >= 0.3 is 0 Å². The molecule has 4 aromatic rings. The van der Waals surface area contributed by atoms with Crippen LogP contribution in [0.25, 0.3) is 5.69 Å². The monoisotopic (exact) mass is 456 g/mol. The summed E-state index contributed by atoms with van der Waals surface area (Å²) in [6.07, 6.45) is 3.84. The molecule has 5 rings (SSSR count). The maximum atomic E-state index is 9.74. The second-order valence-electron chi connectivity index (χ2n) is 7.92. The minimum atomic E-state index is -0.109. The van der Waals surface area contributed by atoms with E-state index >= 15 is 0 Å². The smallest absolute Gasteiger partial charge is 0.170 e. The molecule has 6 nitrogen and oxygen atoms in total. The van der Waals surface area contributed by atoms with Crippen molar-refractivity contribution in [2.24, 2.45) is 0 Å². The fraction of sp³-hybridized carbons (Fsp3) is 0.154. The minimum absolute atomic E-state index is 0.0849. The van der Waals surface area contributed by atoms with Crippen molar-refractivity contribution in [2.75, 3.05) is 7.11 Å². The largest absolute Gasteiger partial charge is 0.508 e. The topological polar surface area (TPSA) is 62.5 Å². The van der Waals surface area contributed by atoms with Gasteiger partial charge in [-0.3, -0.25) is 4.98 Å². The van der Waals surface area contributed by atoms with E-state index in [-0.39, 0.29) is 17.8 Å². The van der Waals surface area contributed by atoms with Gasteiger partial charge in [0.05, 0.1) is 24.9 Å². The highest BCUT2D eigenvalue weighted by atomic mass is 32.1. The quantitative estimate of drug-likeness (QED) is 0.408. The molecule has 0 bridgehead atoms. The number of aromatic nitrogens is 2. The molecular formula is C26H24N4O2S. The van der Waals surface area contributed by atoms with Gasteiger partial charge in [0.15, 0.2) is 5.11 Å². The number of ether oxygens (including phenoxy) is 1. The van der Waals surface area contributed by atoms with Gasteiger partial charge in [-0.1, -0.05) is 18.2 Å². The van der Waals surface area contributed by atoms with Gasteiger partial charge in [0, 0.05) is 30.3 Å². The number of pyridine rings is 1.